The summed E-state index contributed by atoms with van der Waals surface area (Å²) in [5.41, 5.74) is 1.99. The highest BCUT2D eigenvalue weighted by Gasteiger charge is 2.25. The molecule has 32 heavy (non-hydrogen) atoms. The van der Waals surface area contributed by atoms with Crippen LogP contribution in [0.4, 0.5) is 15.9 Å². The first kappa shape index (κ1) is 20.8. The van der Waals surface area contributed by atoms with E-state index < -0.39 is 0 Å². The van der Waals surface area contributed by atoms with Gasteiger partial charge in [0.15, 0.2) is 0 Å². The van der Waals surface area contributed by atoms with Crippen LogP contribution in [0.2, 0.25) is 0 Å². The lowest BCUT2D eigenvalue weighted by Crippen LogP contribution is -2.49. The Balaban J connectivity index is 1.25. The van der Waals surface area contributed by atoms with Crippen molar-refractivity contribution in [1.82, 2.24) is 14.9 Å². The molecule has 4 heterocycles. The lowest BCUT2D eigenvalue weighted by Gasteiger charge is -2.35. The Kier molecular flexibility index (Phi) is 6.00. The number of ether oxygens (including phenoxy) is 1. The molecule has 5 rings (SSSR count). The fourth-order valence-corrected chi connectivity index (χ4v) is 4.83. The van der Waals surface area contributed by atoms with E-state index >= 15 is 0 Å². The van der Waals surface area contributed by atoms with Gasteiger partial charge in [-0.25, -0.2) is 14.4 Å². The first-order valence-electron chi connectivity index (χ1n) is 10.7. The number of rotatable bonds is 4. The predicted molar refractivity (Wildman–Crippen MR) is 123 cm³/mol. The van der Waals surface area contributed by atoms with Gasteiger partial charge >= 0.3 is 0 Å². The van der Waals surface area contributed by atoms with Crippen LogP contribution in [0, 0.1) is 5.82 Å². The molecule has 166 valence electrons. The summed E-state index contributed by atoms with van der Waals surface area (Å²) in [5.74, 6) is 0.589. The van der Waals surface area contributed by atoms with Gasteiger partial charge in [0.1, 0.15) is 22.3 Å². The highest BCUT2D eigenvalue weighted by molar-refractivity contribution is 7.13. The van der Waals surface area contributed by atoms with Crippen LogP contribution >= 0.6 is 11.3 Å². The molecule has 0 bridgehead atoms. The second-order valence-corrected chi connectivity index (χ2v) is 8.63. The minimum absolute atomic E-state index is 0.0804. The summed E-state index contributed by atoms with van der Waals surface area (Å²) in [6.07, 6.45) is 1.78. The number of pyridine rings is 1. The van der Waals surface area contributed by atoms with Crippen LogP contribution in [0.3, 0.4) is 0 Å². The second kappa shape index (κ2) is 9.22. The Bertz CT molecular complexity index is 1090. The highest BCUT2D eigenvalue weighted by Crippen LogP contribution is 2.27. The molecule has 3 aromatic rings. The van der Waals surface area contributed by atoms with Crippen molar-refractivity contribution in [3.63, 3.8) is 0 Å². The van der Waals surface area contributed by atoms with E-state index in [-0.39, 0.29) is 11.7 Å². The molecule has 0 unspecified atom stereocenters. The van der Waals surface area contributed by atoms with Gasteiger partial charge in [0.25, 0.3) is 5.91 Å². The SMILES string of the molecule is O=C(c1csc(-c2ccnc(N3CCOCC3)c2)n1)N1CCN(c2ccccc2F)CC1. The van der Waals surface area contributed by atoms with Crippen molar-refractivity contribution in [2.24, 2.45) is 0 Å². The molecule has 0 N–H and O–H groups in total. The standard InChI is InChI=1S/C23H24FN5O2S/c24-18-3-1-2-4-20(18)27-7-9-29(10-8-27)23(30)19-16-32-22(26-19)17-5-6-25-21(15-17)28-11-13-31-14-12-28/h1-6,15-16H,7-14H2. The van der Waals surface area contributed by atoms with E-state index in [1.54, 1.807) is 23.2 Å². The highest BCUT2D eigenvalue weighted by atomic mass is 32.1. The molecule has 0 saturated carbocycles. The quantitative estimate of drug-likeness (QED) is 0.605. The molecule has 0 atom stereocenters. The summed E-state index contributed by atoms with van der Waals surface area (Å²) in [6, 6.07) is 10.7. The van der Waals surface area contributed by atoms with Crippen LogP contribution in [-0.2, 0) is 4.74 Å². The van der Waals surface area contributed by atoms with E-state index in [1.165, 1.54) is 17.4 Å². The van der Waals surface area contributed by atoms with Gasteiger partial charge in [-0.3, -0.25) is 4.79 Å². The van der Waals surface area contributed by atoms with Crippen molar-refractivity contribution in [2.75, 3.05) is 62.3 Å². The number of morpholine rings is 1. The number of aromatic nitrogens is 2. The van der Waals surface area contributed by atoms with Gasteiger partial charge < -0.3 is 19.4 Å². The fraction of sp³-hybridized carbons (Fsp3) is 0.348. The third-order valence-corrected chi connectivity index (χ3v) is 6.70. The molecule has 7 nitrogen and oxygen atoms in total. The number of halogens is 1. The minimum Gasteiger partial charge on any atom is -0.378 e. The predicted octanol–water partition coefficient (Wildman–Crippen LogP) is 3.14. The van der Waals surface area contributed by atoms with Gasteiger partial charge in [0.05, 0.1) is 18.9 Å². The zero-order valence-electron chi connectivity index (χ0n) is 17.6. The van der Waals surface area contributed by atoms with E-state index in [0.29, 0.717) is 50.8 Å². The molecular formula is C23H24FN5O2S. The smallest absolute Gasteiger partial charge is 0.273 e. The van der Waals surface area contributed by atoms with E-state index in [0.717, 1.165) is 29.5 Å². The van der Waals surface area contributed by atoms with Crippen LogP contribution in [0.15, 0.2) is 48.0 Å². The number of hydrogen-bond acceptors (Lipinski definition) is 7. The lowest BCUT2D eigenvalue weighted by atomic mass is 10.2. The van der Waals surface area contributed by atoms with Gasteiger partial charge in [-0.1, -0.05) is 12.1 Å². The number of benzene rings is 1. The Hall–Kier alpha value is -3.04. The number of nitrogens with zero attached hydrogens (tertiary/aromatic N) is 5. The zero-order valence-corrected chi connectivity index (χ0v) is 18.4. The van der Waals surface area contributed by atoms with Crippen LogP contribution in [0.25, 0.3) is 10.6 Å². The van der Waals surface area contributed by atoms with Crippen molar-refractivity contribution >= 4 is 28.7 Å². The molecule has 1 amide bonds. The zero-order chi connectivity index (χ0) is 21.9. The molecule has 1 aromatic carbocycles. The minimum atomic E-state index is -0.231. The number of para-hydroxylation sites is 1. The number of hydrogen-bond donors (Lipinski definition) is 0. The largest absolute Gasteiger partial charge is 0.378 e. The van der Waals surface area contributed by atoms with Gasteiger partial charge in [-0.05, 0) is 24.3 Å². The third kappa shape index (κ3) is 4.31. The monoisotopic (exact) mass is 453 g/mol. The van der Waals surface area contributed by atoms with Crippen LogP contribution in [-0.4, -0.2) is 73.3 Å². The van der Waals surface area contributed by atoms with E-state index in [4.69, 9.17) is 4.74 Å². The summed E-state index contributed by atoms with van der Waals surface area (Å²) in [5, 5.41) is 2.62. The molecule has 2 aliphatic rings. The molecule has 9 heteroatoms. The van der Waals surface area contributed by atoms with Crippen molar-refractivity contribution in [2.45, 2.75) is 0 Å². The molecule has 0 radical (unpaired) electrons. The molecule has 2 fully saturated rings. The number of thiazole rings is 1. The van der Waals surface area contributed by atoms with Crippen molar-refractivity contribution < 1.29 is 13.9 Å². The molecular weight excluding hydrogens is 429 g/mol. The van der Waals surface area contributed by atoms with E-state index in [1.807, 2.05) is 28.5 Å². The second-order valence-electron chi connectivity index (χ2n) is 7.77. The lowest BCUT2D eigenvalue weighted by molar-refractivity contribution is 0.0741. The summed E-state index contributed by atoms with van der Waals surface area (Å²) in [6.45, 7) is 5.30. The van der Waals surface area contributed by atoms with Gasteiger partial charge in [-0.2, -0.15) is 0 Å². The van der Waals surface area contributed by atoms with Crippen LogP contribution in [0.1, 0.15) is 10.5 Å². The molecule has 2 aromatic heterocycles. The Morgan fingerprint density at radius 2 is 1.78 bits per heavy atom. The molecule has 0 spiro atoms. The van der Waals surface area contributed by atoms with Crippen molar-refractivity contribution in [1.29, 1.82) is 0 Å². The fourth-order valence-electron chi connectivity index (χ4n) is 4.04. The topological polar surface area (TPSA) is 61.8 Å². The number of carbonyl (C=O) groups is 1. The first-order valence-corrected chi connectivity index (χ1v) is 11.6. The Morgan fingerprint density at radius 3 is 2.56 bits per heavy atom. The normalized spacial score (nSPS) is 17.0. The van der Waals surface area contributed by atoms with Crippen molar-refractivity contribution in [3.05, 3.63) is 59.5 Å². The number of piperazine rings is 1. The van der Waals surface area contributed by atoms with E-state index in [2.05, 4.69) is 14.9 Å². The maximum Gasteiger partial charge on any atom is 0.273 e. The van der Waals surface area contributed by atoms with Crippen molar-refractivity contribution in [3.8, 4) is 10.6 Å². The maximum atomic E-state index is 14.1. The van der Waals surface area contributed by atoms with E-state index in [9.17, 15) is 9.18 Å². The Labute approximate surface area is 190 Å². The summed E-state index contributed by atoms with van der Waals surface area (Å²) >= 11 is 1.46. The molecule has 2 saturated heterocycles. The number of anilines is 2. The summed E-state index contributed by atoms with van der Waals surface area (Å²) in [7, 11) is 0. The number of carbonyl (C=O) groups excluding carboxylic acids is 1. The first-order chi connectivity index (χ1) is 15.7. The van der Waals surface area contributed by atoms with Gasteiger partial charge in [0.2, 0.25) is 0 Å². The molecule has 2 aliphatic heterocycles. The van der Waals surface area contributed by atoms with Crippen LogP contribution in [0.5, 0.6) is 0 Å². The number of amides is 1. The Morgan fingerprint density at radius 1 is 1.00 bits per heavy atom. The maximum absolute atomic E-state index is 14.1. The average Bonchev–Trinajstić information content (AvgIpc) is 3.35. The van der Waals surface area contributed by atoms with Crippen LogP contribution < -0.4 is 9.80 Å². The van der Waals surface area contributed by atoms with Gasteiger partial charge in [0, 0.05) is 56.4 Å². The average molecular weight is 454 g/mol. The third-order valence-electron chi connectivity index (χ3n) is 5.81. The summed E-state index contributed by atoms with van der Waals surface area (Å²) < 4.78 is 19.5. The summed E-state index contributed by atoms with van der Waals surface area (Å²) in [4.78, 5) is 28.1. The molecule has 0 aliphatic carbocycles. The van der Waals surface area contributed by atoms with Gasteiger partial charge in [-0.15, -0.1) is 11.3 Å².